The summed E-state index contributed by atoms with van der Waals surface area (Å²) in [6.45, 7) is 1.59. The highest BCUT2D eigenvalue weighted by Crippen LogP contribution is 2.27. The van der Waals surface area contributed by atoms with Crippen LogP contribution in [0.3, 0.4) is 0 Å². The Hall–Kier alpha value is -1.42. The normalized spacial score (nSPS) is 10.4. The Bertz CT molecular complexity index is 470. The maximum Gasteiger partial charge on any atom is 0.170 e. The van der Waals surface area contributed by atoms with Gasteiger partial charge in [0.1, 0.15) is 0 Å². The molecule has 2 rings (SSSR count). The second kappa shape index (κ2) is 3.38. The van der Waals surface area contributed by atoms with Crippen LogP contribution in [0.25, 0.3) is 11.3 Å². The van der Waals surface area contributed by atoms with Crippen LogP contribution in [-0.4, -0.2) is 15.6 Å². The standard InChI is InChI=1S/C10H10N2OS/c1-7(13)10-8(4-6-14-10)9-3-5-11-12(9)2/h3-6H,1-2H3. The zero-order valence-electron chi connectivity index (χ0n) is 8.02. The van der Waals surface area contributed by atoms with Gasteiger partial charge in [0.2, 0.25) is 0 Å². The van der Waals surface area contributed by atoms with E-state index >= 15 is 0 Å². The molecule has 2 aromatic heterocycles. The van der Waals surface area contributed by atoms with E-state index in [4.69, 9.17) is 0 Å². The van der Waals surface area contributed by atoms with Crippen molar-refractivity contribution in [1.82, 2.24) is 9.78 Å². The van der Waals surface area contributed by atoms with Gasteiger partial charge < -0.3 is 0 Å². The molecule has 0 amide bonds. The number of aryl methyl sites for hydroxylation is 1. The van der Waals surface area contributed by atoms with Crippen molar-refractivity contribution < 1.29 is 4.79 Å². The molecule has 0 bridgehead atoms. The molecule has 0 saturated carbocycles. The van der Waals surface area contributed by atoms with Crippen molar-refractivity contribution in [3.8, 4) is 11.3 Å². The Morgan fingerprint density at radius 3 is 2.86 bits per heavy atom. The minimum absolute atomic E-state index is 0.108. The molecule has 0 aliphatic rings. The molecule has 4 heteroatoms. The molecule has 0 saturated heterocycles. The van der Waals surface area contributed by atoms with Crippen LogP contribution in [0.4, 0.5) is 0 Å². The number of carbonyl (C=O) groups excluding carboxylic acids is 1. The van der Waals surface area contributed by atoms with Gasteiger partial charge in [0, 0.05) is 18.8 Å². The van der Waals surface area contributed by atoms with Crippen LogP contribution in [0.2, 0.25) is 0 Å². The van der Waals surface area contributed by atoms with Gasteiger partial charge >= 0.3 is 0 Å². The summed E-state index contributed by atoms with van der Waals surface area (Å²) in [6.07, 6.45) is 1.73. The molecule has 0 spiro atoms. The monoisotopic (exact) mass is 206 g/mol. The fourth-order valence-electron chi connectivity index (χ4n) is 1.42. The minimum atomic E-state index is 0.108. The summed E-state index contributed by atoms with van der Waals surface area (Å²) in [5.41, 5.74) is 1.96. The lowest BCUT2D eigenvalue weighted by Crippen LogP contribution is -1.96. The van der Waals surface area contributed by atoms with E-state index in [2.05, 4.69) is 5.10 Å². The Balaban J connectivity index is 2.57. The van der Waals surface area contributed by atoms with E-state index in [-0.39, 0.29) is 5.78 Å². The molecule has 0 radical (unpaired) electrons. The zero-order valence-corrected chi connectivity index (χ0v) is 8.84. The van der Waals surface area contributed by atoms with Crippen LogP contribution in [0, 0.1) is 0 Å². The summed E-state index contributed by atoms with van der Waals surface area (Å²) >= 11 is 1.47. The fourth-order valence-corrected chi connectivity index (χ4v) is 2.23. The average molecular weight is 206 g/mol. The van der Waals surface area contributed by atoms with Gasteiger partial charge in [-0.3, -0.25) is 9.48 Å². The van der Waals surface area contributed by atoms with Crippen LogP contribution >= 0.6 is 11.3 Å². The van der Waals surface area contributed by atoms with E-state index in [0.717, 1.165) is 16.1 Å². The number of hydrogen-bond acceptors (Lipinski definition) is 3. The van der Waals surface area contributed by atoms with Crippen LogP contribution < -0.4 is 0 Å². The molecular formula is C10H10N2OS. The van der Waals surface area contributed by atoms with E-state index in [0.29, 0.717) is 0 Å². The number of carbonyl (C=O) groups is 1. The second-order valence-electron chi connectivity index (χ2n) is 3.06. The third-order valence-electron chi connectivity index (χ3n) is 2.08. The molecule has 0 atom stereocenters. The summed E-state index contributed by atoms with van der Waals surface area (Å²) in [6, 6.07) is 3.87. The van der Waals surface area contributed by atoms with Gasteiger partial charge in [-0.1, -0.05) is 0 Å². The Morgan fingerprint density at radius 1 is 1.50 bits per heavy atom. The molecule has 14 heavy (non-hydrogen) atoms. The molecule has 0 aliphatic carbocycles. The van der Waals surface area contributed by atoms with Crippen molar-refractivity contribution in [2.75, 3.05) is 0 Å². The minimum Gasteiger partial charge on any atom is -0.294 e. The Kier molecular flexibility index (Phi) is 2.21. The van der Waals surface area contributed by atoms with Crippen molar-refractivity contribution in [3.63, 3.8) is 0 Å². The highest BCUT2D eigenvalue weighted by molar-refractivity contribution is 7.12. The largest absolute Gasteiger partial charge is 0.294 e. The van der Waals surface area contributed by atoms with Gasteiger partial charge in [0.25, 0.3) is 0 Å². The van der Waals surface area contributed by atoms with E-state index in [9.17, 15) is 4.79 Å². The van der Waals surface area contributed by atoms with Crippen molar-refractivity contribution in [1.29, 1.82) is 0 Å². The number of hydrogen-bond donors (Lipinski definition) is 0. The van der Waals surface area contributed by atoms with Gasteiger partial charge in [0.05, 0.1) is 10.6 Å². The molecule has 3 nitrogen and oxygen atoms in total. The smallest absolute Gasteiger partial charge is 0.170 e. The molecule has 0 aliphatic heterocycles. The van der Waals surface area contributed by atoms with E-state index < -0.39 is 0 Å². The molecule has 0 fully saturated rings. The second-order valence-corrected chi connectivity index (χ2v) is 3.98. The van der Waals surface area contributed by atoms with E-state index in [1.165, 1.54) is 11.3 Å². The molecule has 0 N–H and O–H groups in total. The first kappa shape index (κ1) is 9.15. The summed E-state index contributed by atoms with van der Waals surface area (Å²) in [5.74, 6) is 0.108. The number of thiophene rings is 1. The fraction of sp³-hybridized carbons (Fsp3) is 0.200. The number of aromatic nitrogens is 2. The lowest BCUT2D eigenvalue weighted by molar-refractivity contribution is 0.102. The maximum atomic E-state index is 11.3. The first-order chi connectivity index (χ1) is 6.70. The number of nitrogens with zero attached hydrogens (tertiary/aromatic N) is 2. The molecular weight excluding hydrogens is 196 g/mol. The quantitative estimate of drug-likeness (QED) is 0.707. The highest BCUT2D eigenvalue weighted by Gasteiger charge is 2.12. The average Bonchev–Trinajstić information content (AvgIpc) is 2.70. The number of ketones is 1. The third kappa shape index (κ3) is 1.37. The SMILES string of the molecule is CC(=O)c1sccc1-c1ccnn1C. The maximum absolute atomic E-state index is 11.3. The molecule has 72 valence electrons. The highest BCUT2D eigenvalue weighted by atomic mass is 32.1. The van der Waals surface area contributed by atoms with E-state index in [1.54, 1.807) is 17.8 Å². The summed E-state index contributed by atoms with van der Waals surface area (Å²) in [5, 5.41) is 6.01. The molecule has 2 aromatic rings. The summed E-state index contributed by atoms with van der Waals surface area (Å²) < 4.78 is 1.77. The van der Waals surface area contributed by atoms with Crippen molar-refractivity contribution in [2.45, 2.75) is 6.92 Å². The predicted octanol–water partition coefficient (Wildman–Crippen LogP) is 2.35. The Labute approximate surface area is 86.0 Å². The summed E-state index contributed by atoms with van der Waals surface area (Å²) in [4.78, 5) is 12.1. The summed E-state index contributed by atoms with van der Waals surface area (Å²) in [7, 11) is 1.87. The lowest BCUT2D eigenvalue weighted by atomic mass is 10.1. The third-order valence-corrected chi connectivity index (χ3v) is 3.10. The first-order valence-electron chi connectivity index (χ1n) is 4.27. The van der Waals surface area contributed by atoms with E-state index in [1.807, 2.05) is 24.6 Å². The number of rotatable bonds is 2. The van der Waals surface area contributed by atoms with Crippen LogP contribution in [-0.2, 0) is 7.05 Å². The van der Waals surface area contributed by atoms with Gasteiger partial charge in [-0.05, 0) is 24.4 Å². The topological polar surface area (TPSA) is 34.9 Å². The predicted molar refractivity (Wildman–Crippen MR) is 56.5 cm³/mol. The zero-order chi connectivity index (χ0) is 10.1. The van der Waals surface area contributed by atoms with Crippen LogP contribution in [0.1, 0.15) is 16.6 Å². The van der Waals surface area contributed by atoms with Crippen molar-refractivity contribution >= 4 is 17.1 Å². The molecule has 0 aromatic carbocycles. The number of Topliss-reactive ketones (excluding diaryl/α,β-unsaturated/α-hetero) is 1. The van der Waals surface area contributed by atoms with Crippen LogP contribution in [0.15, 0.2) is 23.7 Å². The molecule has 2 heterocycles. The van der Waals surface area contributed by atoms with Crippen molar-refractivity contribution in [3.05, 3.63) is 28.6 Å². The van der Waals surface area contributed by atoms with Crippen LogP contribution in [0.5, 0.6) is 0 Å². The van der Waals surface area contributed by atoms with Gasteiger partial charge in [-0.2, -0.15) is 5.10 Å². The lowest BCUT2D eigenvalue weighted by Gasteiger charge is -2.00. The van der Waals surface area contributed by atoms with Gasteiger partial charge in [-0.25, -0.2) is 0 Å². The van der Waals surface area contributed by atoms with Gasteiger partial charge in [0.15, 0.2) is 5.78 Å². The molecule has 0 unspecified atom stereocenters. The Morgan fingerprint density at radius 2 is 2.29 bits per heavy atom. The van der Waals surface area contributed by atoms with Crippen molar-refractivity contribution in [2.24, 2.45) is 7.05 Å². The van der Waals surface area contributed by atoms with Gasteiger partial charge in [-0.15, -0.1) is 11.3 Å². The first-order valence-corrected chi connectivity index (χ1v) is 5.15.